The molecule has 0 saturated heterocycles. The molecule has 0 saturated carbocycles. The van der Waals surface area contributed by atoms with Crippen LogP contribution in [-0.2, 0) is 6.18 Å². The van der Waals surface area contributed by atoms with Crippen LogP contribution < -0.4 is 15.7 Å². The Hall–Kier alpha value is -2.78. The molecule has 1 atom stereocenters. The van der Waals surface area contributed by atoms with Crippen LogP contribution in [0.25, 0.3) is 0 Å². The molecule has 1 aromatic heterocycles. The van der Waals surface area contributed by atoms with E-state index in [2.05, 4.69) is 20.5 Å². The number of ether oxygens (including phenoxy) is 1. The van der Waals surface area contributed by atoms with E-state index in [0.717, 1.165) is 12.1 Å². The maximum Gasteiger partial charge on any atom is 0.416 e. The molecular formula is C14H15F3N4O3. The van der Waals surface area contributed by atoms with E-state index in [0.29, 0.717) is 6.42 Å². The molecule has 0 fully saturated rings. The molecule has 1 heterocycles. The first kappa shape index (κ1) is 17.6. The van der Waals surface area contributed by atoms with Crippen LogP contribution in [0.1, 0.15) is 29.5 Å². The maximum atomic E-state index is 12.7. The van der Waals surface area contributed by atoms with Crippen LogP contribution in [0.5, 0.6) is 5.75 Å². The summed E-state index contributed by atoms with van der Waals surface area (Å²) in [4.78, 5) is 24.8. The Morgan fingerprint density at radius 3 is 2.75 bits per heavy atom. The van der Waals surface area contributed by atoms with Crippen LogP contribution >= 0.6 is 0 Å². The number of amides is 1. The van der Waals surface area contributed by atoms with Crippen molar-refractivity contribution in [3.05, 3.63) is 46.1 Å². The largest absolute Gasteiger partial charge is 0.489 e. The lowest BCUT2D eigenvalue weighted by atomic mass is 10.2. The van der Waals surface area contributed by atoms with Gasteiger partial charge in [0.15, 0.2) is 0 Å². The van der Waals surface area contributed by atoms with Crippen molar-refractivity contribution in [2.45, 2.75) is 25.6 Å². The minimum Gasteiger partial charge on any atom is -0.489 e. The van der Waals surface area contributed by atoms with Crippen molar-refractivity contribution in [2.75, 3.05) is 6.54 Å². The van der Waals surface area contributed by atoms with Gasteiger partial charge >= 0.3 is 11.9 Å². The molecule has 2 aromatic rings. The number of nitrogens with zero attached hydrogens (tertiary/aromatic N) is 1. The van der Waals surface area contributed by atoms with Gasteiger partial charge < -0.3 is 10.1 Å². The van der Waals surface area contributed by atoms with Gasteiger partial charge in [0.1, 0.15) is 11.9 Å². The molecule has 1 aromatic carbocycles. The molecule has 1 amide bonds. The van der Waals surface area contributed by atoms with E-state index in [1.165, 1.54) is 12.1 Å². The van der Waals surface area contributed by atoms with E-state index in [1.54, 1.807) is 6.92 Å². The number of carbonyl (C=O) groups is 1. The Balaban J connectivity index is 1.97. The lowest BCUT2D eigenvalue weighted by Crippen LogP contribution is -2.35. The van der Waals surface area contributed by atoms with E-state index in [9.17, 15) is 22.8 Å². The lowest BCUT2D eigenvalue weighted by Gasteiger charge is -2.18. The SMILES string of the molecule is CC[C@@H](CNC(=O)c1n[nH]c(=O)[nH]1)Oc1cccc(C(F)(F)F)c1. The third kappa shape index (κ3) is 4.61. The second kappa shape index (κ2) is 7.20. The van der Waals surface area contributed by atoms with E-state index in [1.807, 2.05) is 0 Å². The average Bonchev–Trinajstić information content (AvgIpc) is 2.97. The van der Waals surface area contributed by atoms with Crippen molar-refractivity contribution >= 4 is 5.91 Å². The highest BCUT2D eigenvalue weighted by molar-refractivity contribution is 5.90. The van der Waals surface area contributed by atoms with Crippen molar-refractivity contribution < 1.29 is 22.7 Å². The zero-order valence-electron chi connectivity index (χ0n) is 12.6. The van der Waals surface area contributed by atoms with Gasteiger partial charge in [-0.15, -0.1) is 5.10 Å². The number of H-pyrrole nitrogens is 2. The van der Waals surface area contributed by atoms with Gasteiger partial charge in [0.2, 0.25) is 5.82 Å². The monoisotopic (exact) mass is 344 g/mol. The highest BCUT2D eigenvalue weighted by Crippen LogP contribution is 2.31. The Morgan fingerprint density at radius 1 is 1.42 bits per heavy atom. The number of aromatic amines is 2. The first-order chi connectivity index (χ1) is 11.3. The molecule has 7 nitrogen and oxygen atoms in total. The molecule has 0 aliphatic rings. The first-order valence-corrected chi connectivity index (χ1v) is 7.06. The van der Waals surface area contributed by atoms with E-state index in [4.69, 9.17) is 4.74 Å². The molecule has 0 spiro atoms. The van der Waals surface area contributed by atoms with E-state index < -0.39 is 29.4 Å². The molecule has 0 aliphatic carbocycles. The predicted molar refractivity (Wildman–Crippen MR) is 77.7 cm³/mol. The topological polar surface area (TPSA) is 99.9 Å². The number of benzene rings is 1. The highest BCUT2D eigenvalue weighted by Gasteiger charge is 2.30. The molecule has 0 aliphatic heterocycles. The van der Waals surface area contributed by atoms with Crippen LogP contribution in [0.4, 0.5) is 13.2 Å². The average molecular weight is 344 g/mol. The van der Waals surface area contributed by atoms with E-state index >= 15 is 0 Å². The maximum absolute atomic E-state index is 12.7. The number of aromatic nitrogens is 3. The summed E-state index contributed by atoms with van der Waals surface area (Å²) in [6, 6.07) is 4.50. The summed E-state index contributed by atoms with van der Waals surface area (Å²) in [5.74, 6) is -0.757. The molecule has 10 heteroatoms. The summed E-state index contributed by atoms with van der Waals surface area (Å²) in [5, 5.41) is 8.01. The van der Waals surface area contributed by atoms with Gasteiger partial charge in [0, 0.05) is 0 Å². The minimum absolute atomic E-state index is 0.0421. The number of rotatable bonds is 6. The van der Waals surface area contributed by atoms with Crippen LogP contribution in [-0.4, -0.2) is 33.7 Å². The van der Waals surface area contributed by atoms with Crippen LogP contribution in [0, 0.1) is 0 Å². The summed E-state index contributed by atoms with van der Waals surface area (Å²) in [5.41, 5.74) is -1.43. The Bertz CT molecular complexity index is 754. The van der Waals surface area contributed by atoms with Crippen molar-refractivity contribution in [1.29, 1.82) is 0 Å². The Morgan fingerprint density at radius 2 is 2.17 bits per heavy atom. The predicted octanol–water partition coefficient (Wildman–Crippen LogP) is 1.70. The molecule has 0 unspecified atom stereocenters. The summed E-state index contributed by atoms with van der Waals surface area (Å²) < 4.78 is 43.5. The second-order valence-corrected chi connectivity index (χ2v) is 4.91. The molecular weight excluding hydrogens is 329 g/mol. The van der Waals surface area contributed by atoms with Crippen LogP contribution in [0.2, 0.25) is 0 Å². The highest BCUT2D eigenvalue weighted by atomic mass is 19.4. The summed E-state index contributed by atoms with van der Waals surface area (Å²) in [7, 11) is 0. The van der Waals surface area contributed by atoms with Gasteiger partial charge in [-0.1, -0.05) is 13.0 Å². The van der Waals surface area contributed by atoms with Crippen molar-refractivity contribution in [1.82, 2.24) is 20.5 Å². The molecule has 0 radical (unpaired) electrons. The summed E-state index contributed by atoms with van der Waals surface area (Å²) >= 11 is 0. The Labute approximate surface area is 134 Å². The van der Waals surface area contributed by atoms with Crippen LogP contribution in [0.3, 0.4) is 0 Å². The number of nitrogens with one attached hydrogen (secondary N) is 3. The normalized spacial score (nSPS) is 12.7. The van der Waals surface area contributed by atoms with Gasteiger partial charge in [0.25, 0.3) is 5.91 Å². The first-order valence-electron chi connectivity index (χ1n) is 7.06. The standard InChI is InChI=1S/C14H15F3N4O3/c1-2-9(7-18-12(22)11-19-13(23)21-20-11)24-10-5-3-4-8(6-10)14(15,16)17/h3-6,9H,2,7H2,1H3,(H,18,22)(H2,19,20,21,23)/t9-/m0/s1. The third-order valence-electron chi connectivity index (χ3n) is 3.13. The van der Waals surface area contributed by atoms with Gasteiger partial charge in [0.05, 0.1) is 12.1 Å². The van der Waals surface area contributed by atoms with E-state index in [-0.39, 0.29) is 18.1 Å². The smallest absolute Gasteiger partial charge is 0.416 e. The quantitative estimate of drug-likeness (QED) is 0.743. The number of alkyl halides is 3. The van der Waals surface area contributed by atoms with Gasteiger partial charge in [-0.3, -0.25) is 9.78 Å². The number of hydrogen-bond acceptors (Lipinski definition) is 4. The van der Waals surface area contributed by atoms with Crippen molar-refractivity contribution in [2.24, 2.45) is 0 Å². The number of halogens is 3. The molecule has 3 N–H and O–H groups in total. The van der Waals surface area contributed by atoms with Gasteiger partial charge in [-0.2, -0.15) is 13.2 Å². The van der Waals surface area contributed by atoms with Gasteiger partial charge in [-0.25, -0.2) is 9.89 Å². The zero-order chi connectivity index (χ0) is 17.7. The zero-order valence-corrected chi connectivity index (χ0v) is 12.6. The number of hydrogen-bond donors (Lipinski definition) is 3. The van der Waals surface area contributed by atoms with Gasteiger partial charge in [-0.05, 0) is 24.6 Å². The molecule has 0 bridgehead atoms. The van der Waals surface area contributed by atoms with Crippen LogP contribution in [0.15, 0.2) is 29.1 Å². The third-order valence-corrected chi connectivity index (χ3v) is 3.13. The fraction of sp³-hybridized carbons (Fsp3) is 0.357. The lowest BCUT2D eigenvalue weighted by molar-refractivity contribution is -0.137. The summed E-state index contributed by atoms with van der Waals surface area (Å²) in [6.07, 6.45) is -4.54. The number of carbonyl (C=O) groups excluding carboxylic acids is 1. The van der Waals surface area contributed by atoms with Crippen molar-refractivity contribution in [3.8, 4) is 5.75 Å². The summed E-state index contributed by atoms with van der Waals surface area (Å²) in [6.45, 7) is 1.81. The Kier molecular flexibility index (Phi) is 5.27. The second-order valence-electron chi connectivity index (χ2n) is 4.91. The molecule has 24 heavy (non-hydrogen) atoms. The van der Waals surface area contributed by atoms with Crippen molar-refractivity contribution in [3.63, 3.8) is 0 Å². The molecule has 2 rings (SSSR count). The minimum atomic E-state index is -4.46. The fourth-order valence-corrected chi connectivity index (χ4v) is 1.88. The molecule has 130 valence electrons. The fourth-order valence-electron chi connectivity index (χ4n) is 1.88.